The normalized spacial score (nSPS) is 21.6. The smallest absolute Gasteiger partial charge is 0.303 e. The highest BCUT2D eigenvalue weighted by atomic mass is 32.2. The van der Waals surface area contributed by atoms with Crippen molar-refractivity contribution in [2.75, 3.05) is 30.0 Å². The lowest BCUT2D eigenvalue weighted by molar-refractivity contribution is -0.432. The molecule has 12 nitrogen and oxygen atoms in total. The number of fused-ring (bicyclic) bond motifs is 4. The molecule has 2 aromatic rings. The first-order valence-corrected chi connectivity index (χ1v) is 16.7. The molecule has 3 aliphatic rings. The van der Waals surface area contributed by atoms with E-state index in [-0.39, 0.29) is 17.9 Å². The van der Waals surface area contributed by atoms with Gasteiger partial charge in [-0.1, -0.05) is 5.04 Å². The summed E-state index contributed by atoms with van der Waals surface area (Å²) in [5.41, 5.74) is 2.38. The molecule has 0 aromatic heterocycles. The third-order valence-electron chi connectivity index (χ3n) is 8.87. The predicted octanol–water partition coefficient (Wildman–Crippen LogP) is 4.02. The van der Waals surface area contributed by atoms with Crippen molar-refractivity contribution in [1.82, 2.24) is 4.58 Å². The van der Waals surface area contributed by atoms with Gasteiger partial charge in [0.15, 0.2) is 17.0 Å². The van der Waals surface area contributed by atoms with Gasteiger partial charge in [0.2, 0.25) is 5.36 Å². The van der Waals surface area contributed by atoms with Crippen molar-refractivity contribution in [3.05, 3.63) is 46.1 Å². The van der Waals surface area contributed by atoms with E-state index >= 15 is 0 Å². The molecule has 0 spiro atoms. The second-order valence-electron chi connectivity index (χ2n) is 12.8. The van der Waals surface area contributed by atoms with Crippen LogP contribution >= 0.6 is 12.0 Å². The molecule has 2 unspecified atom stereocenters. The number of hydrogen-bond acceptors (Lipinski definition) is 10. The summed E-state index contributed by atoms with van der Waals surface area (Å²) in [5, 5.41) is 23.2. The minimum atomic E-state index is -4.27. The highest BCUT2D eigenvalue weighted by molar-refractivity contribution is 7.94. The van der Waals surface area contributed by atoms with Crippen LogP contribution in [0.2, 0.25) is 0 Å². The van der Waals surface area contributed by atoms with Crippen LogP contribution in [-0.4, -0.2) is 65.5 Å². The Morgan fingerprint density at radius 3 is 2.56 bits per heavy atom. The number of carbonyl (C=O) groups is 1. The fourth-order valence-electron chi connectivity index (χ4n) is 6.73. The molecule has 0 radical (unpaired) electrons. The summed E-state index contributed by atoms with van der Waals surface area (Å²) in [4.78, 5) is 18.3. The quantitative estimate of drug-likeness (QED) is 0.0737. The van der Waals surface area contributed by atoms with Crippen LogP contribution in [0.5, 0.6) is 11.5 Å². The first kappa shape index (κ1) is 31.7. The molecule has 234 valence electrons. The number of anilines is 1. The Bertz CT molecular complexity index is 1670. The maximum absolute atomic E-state index is 12.0. The van der Waals surface area contributed by atoms with E-state index in [1.165, 1.54) is 0 Å². The van der Waals surface area contributed by atoms with Crippen molar-refractivity contribution in [2.24, 2.45) is 4.99 Å². The molecule has 0 saturated carbocycles. The first-order valence-electron chi connectivity index (χ1n) is 14.1. The number of carboxylic acids is 1. The highest BCUT2D eigenvalue weighted by Crippen LogP contribution is 2.49. The van der Waals surface area contributed by atoms with Gasteiger partial charge >= 0.3 is 5.97 Å². The summed E-state index contributed by atoms with van der Waals surface area (Å²) < 4.78 is 47.2. The third kappa shape index (κ3) is 6.54. The molecule has 3 N–H and O–H groups in total. The minimum Gasteiger partial charge on any atom is -0.481 e. The molecule has 0 aliphatic carbocycles. The minimum absolute atomic E-state index is 0.00807. The van der Waals surface area contributed by atoms with Gasteiger partial charge < -0.3 is 14.7 Å². The molecule has 43 heavy (non-hydrogen) atoms. The van der Waals surface area contributed by atoms with Crippen LogP contribution in [0.1, 0.15) is 76.3 Å². The van der Waals surface area contributed by atoms with E-state index in [2.05, 4.69) is 32.7 Å². The van der Waals surface area contributed by atoms with Crippen LogP contribution in [0.4, 0.5) is 11.4 Å². The molecule has 0 saturated heterocycles. The van der Waals surface area contributed by atoms with Crippen molar-refractivity contribution >= 4 is 39.5 Å². The molecule has 2 atom stereocenters. The van der Waals surface area contributed by atoms with E-state index < -0.39 is 33.3 Å². The Morgan fingerprint density at radius 2 is 1.88 bits per heavy atom. The SMILES string of the molecule is C[N+]1=c2cc3c(cc2C(CSOOO)CC1(C)C)=Nc1cc2c(cc1O3)N(CCCC(=O)O)C(C)(C)CC2CS(=O)(=O)O. The topological polar surface area (TPSA) is 158 Å². The molecule has 0 bridgehead atoms. The summed E-state index contributed by atoms with van der Waals surface area (Å²) in [6.45, 7) is 8.75. The van der Waals surface area contributed by atoms with Gasteiger partial charge in [-0.05, 0) is 58.2 Å². The van der Waals surface area contributed by atoms with E-state index in [0.717, 1.165) is 40.6 Å². The van der Waals surface area contributed by atoms with Gasteiger partial charge in [0, 0.05) is 71.9 Å². The van der Waals surface area contributed by atoms with E-state index in [0.29, 0.717) is 47.7 Å². The number of carboxylic acid groups (broad SMARTS) is 1. The number of ether oxygens (including phenoxy) is 1. The van der Waals surface area contributed by atoms with Crippen LogP contribution in [0.3, 0.4) is 0 Å². The molecule has 3 heterocycles. The Morgan fingerprint density at radius 1 is 1.14 bits per heavy atom. The Balaban J connectivity index is 1.63. The zero-order valence-corrected chi connectivity index (χ0v) is 26.5. The summed E-state index contributed by atoms with van der Waals surface area (Å²) in [6, 6.07) is 7.67. The molecule has 2 aromatic carbocycles. The fraction of sp³-hybridized carbons (Fsp3) is 0.552. The largest absolute Gasteiger partial charge is 0.481 e. The summed E-state index contributed by atoms with van der Waals surface area (Å²) in [7, 11) is -2.23. The van der Waals surface area contributed by atoms with E-state index in [1.54, 1.807) is 0 Å². The molecular weight excluding hydrogens is 598 g/mol. The van der Waals surface area contributed by atoms with Gasteiger partial charge in [0.1, 0.15) is 18.1 Å². The first-order chi connectivity index (χ1) is 20.1. The van der Waals surface area contributed by atoms with Crippen LogP contribution in [0, 0.1) is 0 Å². The van der Waals surface area contributed by atoms with Gasteiger partial charge in [-0.15, -0.1) is 4.33 Å². The average molecular weight is 637 g/mol. The monoisotopic (exact) mass is 636 g/mol. The highest BCUT2D eigenvalue weighted by Gasteiger charge is 2.42. The van der Waals surface area contributed by atoms with Gasteiger partial charge in [-0.3, -0.25) is 9.35 Å². The number of benzene rings is 2. The predicted molar refractivity (Wildman–Crippen MR) is 161 cm³/mol. The van der Waals surface area contributed by atoms with E-state index in [4.69, 9.17) is 15.0 Å². The molecule has 5 rings (SSSR count). The molecule has 3 aliphatic heterocycles. The molecule has 14 heteroatoms. The average Bonchev–Trinajstić information content (AvgIpc) is 2.89. The zero-order chi connectivity index (χ0) is 31.3. The standard InChI is InChI=1S/C29H37N3O9S2/c1-28(2)13-17(15-42-41-40-35)19-9-21-25(11-23(19)31(28)5)39-26-12-24-20(10-22(26)30-21)18(16-43(36,37)38)14-29(3,4)32(24)8-6-7-27(33)34/h9-12,17-18H,6-8,13-16H2,1-5H3,(H2-,33,34,35,36,37,38)/p+1. The Labute approximate surface area is 254 Å². The molecule has 0 amide bonds. The molecule has 0 fully saturated rings. The Kier molecular flexibility index (Phi) is 8.57. The second kappa shape index (κ2) is 11.6. The lowest BCUT2D eigenvalue weighted by Gasteiger charge is -2.48. The Hall–Kier alpha value is -2.75. The van der Waals surface area contributed by atoms with Gasteiger partial charge in [0.25, 0.3) is 10.1 Å². The zero-order valence-electron chi connectivity index (χ0n) is 24.9. The lowest BCUT2D eigenvalue weighted by Crippen LogP contribution is -2.51. The second-order valence-corrected chi connectivity index (χ2v) is 15.0. The number of aliphatic carboxylic acids is 1. The number of nitrogens with zero attached hydrogens (tertiary/aromatic N) is 3. The van der Waals surface area contributed by atoms with Gasteiger partial charge in [-0.2, -0.15) is 8.42 Å². The van der Waals surface area contributed by atoms with Crippen molar-refractivity contribution in [3.63, 3.8) is 0 Å². The summed E-state index contributed by atoms with van der Waals surface area (Å²) >= 11 is 1.02. The van der Waals surface area contributed by atoms with Gasteiger partial charge in [0.05, 0.1) is 11.8 Å². The summed E-state index contributed by atoms with van der Waals surface area (Å²) in [5.74, 6) is -0.0961. The van der Waals surface area contributed by atoms with E-state index in [1.807, 2.05) is 45.2 Å². The van der Waals surface area contributed by atoms with Crippen LogP contribution in [0.15, 0.2) is 29.3 Å². The van der Waals surface area contributed by atoms with Crippen molar-refractivity contribution in [2.45, 2.75) is 76.3 Å². The maximum Gasteiger partial charge on any atom is 0.303 e. The van der Waals surface area contributed by atoms with Crippen molar-refractivity contribution in [1.29, 1.82) is 0 Å². The summed E-state index contributed by atoms with van der Waals surface area (Å²) in [6.07, 6.45) is 1.69. The number of rotatable bonds is 10. The fourth-order valence-corrected chi connectivity index (χ4v) is 8.10. The lowest BCUT2D eigenvalue weighted by atomic mass is 9.79. The maximum atomic E-state index is 12.0. The van der Waals surface area contributed by atoms with E-state index in [9.17, 15) is 22.9 Å². The van der Waals surface area contributed by atoms with Crippen LogP contribution < -0.4 is 24.9 Å². The van der Waals surface area contributed by atoms with Crippen LogP contribution in [0.25, 0.3) is 0 Å². The van der Waals surface area contributed by atoms with Crippen molar-refractivity contribution < 1.29 is 42.2 Å². The third-order valence-corrected chi connectivity index (χ3v) is 10.4. The van der Waals surface area contributed by atoms with Crippen molar-refractivity contribution in [3.8, 4) is 11.5 Å². The van der Waals surface area contributed by atoms with Gasteiger partial charge in [-0.25, -0.2) is 14.8 Å². The number of hydrogen-bond donors (Lipinski definition) is 3. The molecular formula is C29H38N3O9S2+. The van der Waals surface area contributed by atoms with Crippen LogP contribution in [-0.2, 0) is 24.3 Å².